The van der Waals surface area contributed by atoms with Gasteiger partial charge in [-0.3, -0.25) is 4.68 Å². The SMILES string of the molecule is Cc1nn(Cc2cccc(Br)c2)c(C)c1S(N)(=O)=O. The summed E-state index contributed by atoms with van der Waals surface area (Å²) >= 11 is 3.40. The molecule has 0 radical (unpaired) electrons. The van der Waals surface area contributed by atoms with Gasteiger partial charge in [0.15, 0.2) is 0 Å². The second kappa shape index (κ2) is 5.07. The summed E-state index contributed by atoms with van der Waals surface area (Å²) in [6.07, 6.45) is 0. The molecule has 0 aliphatic carbocycles. The first-order valence-corrected chi connectivity index (χ1v) is 7.94. The Morgan fingerprint density at radius 1 is 1.37 bits per heavy atom. The van der Waals surface area contributed by atoms with E-state index in [-0.39, 0.29) is 4.90 Å². The summed E-state index contributed by atoms with van der Waals surface area (Å²) in [5, 5.41) is 9.44. The largest absolute Gasteiger partial charge is 0.264 e. The van der Waals surface area contributed by atoms with Crippen LogP contribution >= 0.6 is 15.9 Å². The number of halogens is 1. The van der Waals surface area contributed by atoms with Crippen LogP contribution in [0.2, 0.25) is 0 Å². The molecule has 0 unspecified atom stereocenters. The smallest absolute Gasteiger partial charge is 0.241 e. The minimum Gasteiger partial charge on any atom is -0.264 e. The van der Waals surface area contributed by atoms with Gasteiger partial charge in [0.1, 0.15) is 4.90 Å². The van der Waals surface area contributed by atoms with Crippen LogP contribution in [0.1, 0.15) is 17.0 Å². The molecule has 2 aromatic rings. The first-order chi connectivity index (χ1) is 8.79. The third kappa shape index (κ3) is 3.05. The van der Waals surface area contributed by atoms with Gasteiger partial charge in [0.25, 0.3) is 0 Å². The van der Waals surface area contributed by atoms with Crippen LogP contribution in [0.25, 0.3) is 0 Å². The van der Waals surface area contributed by atoms with Crippen molar-refractivity contribution in [2.45, 2.75) is 25.3 Å². The number of sulfonamides is 1. The second-order valence-corrected chi connectivity index (χ2v) is 6.75. The molecule has 0 saturated heterocycles. The van der Waals surface area contributed by atoms with E-state index in [9.17, 15) is 8.42 Å². The van der Waals surface area contributed by atoms with Gasteiger partial charge in [-0.25, -0.2) is 13.6 Å². The van der Waals surface area contributed by atoms with Crippen LogP contribution in [-0.2, 0) is 16.6 Å². The normalized spacial score (nSPS) is 11.8. The molecule has 0 aliphatic rings. The molecule has 7 heteroatoms. The van der Waals surface area contributed by atoms with Crippen molar-refractivity contribution in [2.24, 2.45) is 5.14 Å². The fourth-order valence-corrected chi connectivity index (χ4v) is 3.47. The topological polar surface area (TPSA) is 78.0 Å². The number of benzene rings is 1. The lowest BCUT2D eigenvalue weighted by Gasteiger charge is -2.05. The van der Waals surface area contributed by atoms with Gasteiger partial charge in [0.05, 0.1) is 17.9 Å². The molecule has 0 fully saturated rings. The summed E-state index contributed by atoms with van der Waals surface area (Å²) in [6.45, 7) is 3.85. The average molecular weight is 344 g/mol. The van der Waals surface area contributed by atoms with Gasteiger partial charge in [0, 0.05) is 4.47 Å². The lowest BCUT2D eigenvalue weighted by Crippen LogP contribution is -2.14. The molecule has 0 bridgehead atoms. The van der Waals surface area contributed by atoms with Crippen molar-refractivity contribution in [3.8, 4) is 0 Å². The number of aryl methyl sites for hydroxylation is 1. The molecule has 102 valence electrons. The van der Waals surface area contributed by atoms with Crippen molar-refractivity contribution in [3.63, 3.8) is 0 Å². The van der Waals surface area contributed by atoms with Crippen molar-refractivity contribution in [1.82, 2.24) is 9.78 Å². The lowest BCUT2D eigenvalue weighted by molar-refractivity contribution is 0.595. The molecule has 0 atom stereocenters. The van der Waals surface area contributed by atoms with Crippen LogP contribution in [0.15, 0.2) is 33.6 Å². The van der Waals surface area contributed by atoms with E-state index in [0.29, 0.717) is 17.9 Å². The van der Waals surface area contributed by atoms with Crippen LogP contribution in [0.4, 0.5) is 0 Å². The number of hydrogen-bond donors (Lipinski definition) is 1. The first kappa shape index (κ1) is 14.2. The third-order valence-electron chi connectivity index (χ3n) is 2.82. The van der Waals surface area contributed by atoms with Crippen molar-refractivity contribution in [3.05, 3.63) is 45.7 Å². The van der Waals surface area contributed by atoms with Gasteiger partial charge in [0.2, 0.25) is 10.0 Å². The molecule has 1 aromatic carbocycles. The van der Waals surface area contributed by atoms with Crippen LogP contribution in [0.5, 0.6) is 0 Å². The van der Waals surface area contributed by atoms with Gasteiger partial charge in [-0.05, 0) is 31.5 Å². The Morgan fingerprint density at radius 3 is 2.58 bits per heavy atom. The summed E-state index contributed by atoms with van der Waals surface area (Å²) < 4.78 is 25.6. The molecular weight excluding hydrogens is 330 g/mol. The highest BCUT2D eigenvalue weighted by molar-refractivity contribution is 9.10. The van der Waals surface area contributed by atoms with Gasteiger partial charge in [-0.15, -0.1) is 0 Å². The zero-order valence-electron chi connectivity index (χ0n) is 10.6. The fraction of sp³-hybridized carbons (Fsp3) is 0.250. The molecule has 2 N–H and O–H groups in total. The summed E-state index contributed by atoms with van der Waals surface area (Å²) in [6, 6.07) is 7.77. The highest BCUT2D eigenvalue weighted by atomic mass is 79.9. The number of nitrogens with two attached hydrogens (primary N) is 1. The van der Waals surface area contributed by atoms with Crippen LogP contribution in [0, 0.1) is 13.8 Å². The van der Waals surface area contributed by atoms with Crippen molar-refractivity contribution in [2.75, 3.05) is 0 Å². The molecule has 0 spiro atoms. The highest BCUT2D eigenvalue weighted by Gasteiger charge is 2.20. The van der Waals surface area contributed by atoms with Gasteiger partial charge in [-0.1, -0.05) is 28.1 Å². The average Bonchev–Trinajstić information content (AvgIpc) is 2.53. The standard InChI is InChI=1S/C12H14BrN3O2S/c1-8-12(19(14,17)18)9(2)16(15-8)7-10-4-3-5-11(13)6-10/h3-6H,7H2,1-2H3,(H2,14,17,18). The van der Waals surface area contributed by atoms with Gasteiger partial charge in [-0.2, -0.15) is 5.10 Å². The maximum Gasteiger partial charge on any atom is 0.241 e. The fourth-order valence-electron chi connectivity index (χ4n) is 2.05. The monoisotopic (exact) mass is 343 g/mol. The highest BCUT2D eigenvalue weighted by Crippen LogP contribution is 2.19. The van der Waals surface area contributed by atoms with E-state index < -0.39 is 10.0 Å². The van der Waals surface area contributed by atoms with Crippen molar-refractivity contribution >= 4 is 26.0 Å². The van der Waals surface area contributed by atoms with Crippen LogP contribution in [-0.4, -0.2) is 18.2 Å². The van der Waals surface area contributed by atoms with E-state index in [1.807, 2.05) is 24.3 Å². The second-order valence-electron chi connectivity index (χ2n) is 4.33. The molecule has 19 heavy (non-hydrogen) atoms. The Balaban J connectivity index is 2.43. The Morgan fingerprint density at radius 2 is 2.05 bits per heavy atom. The third-order valence-corrected chi connectivity index (χ3v) is 4.47. The van der Waals surface area contributed by atoms with Crippen molar-refractivity contribution in [1.29, 1.82) is 0 Å². The predicted octanol–water partition coefficient (Wildman–Crippen LogP) is 1.96. The minimum absolute atomic E-state index is 0.113. The maximum atomic E-state index is 11.5. The number of aromatic nitrogens is 2. The minimum atomic E-state index is -3.74. The van der Waals surface area contributed by atoms with E-state index >= 15 is 0 Å². The van der Waals surface area contributed by atoms with Crippen molar-refractivity contribution < 1.29 is 8.42 Å². The van der Waals surface area contributed by atoms with E-state index in [0.717, 1.165) is 10.0 Å². The first-order valence-electron chi connectivity index (χ1n) is 5.60. The number of hydrogen-bond acceptors (Lipinski definition) is 3. The summed E-state index contributed by atoms with van der Waals surface area (Å²) in [5.41, 5.74) is 2.01. The summed E-state index contributed by atoms with van der Waals surface area (Å²) in [4.78, 5) is 0.113. The Kier molecular flexibility index (Phi) is 3.80. The zero-order chi connectivity index (χ0) is 14.2. The van der Waals surface area contributed by atoms with Crippen LogP contribution < -0.4 is 5.14 Å². The number of rotatable bonds is 3. The van der Waals surface area contributed by atoms with E-state index in [1.54, 1.807) is 18.5 Å². The molecule has 0 amide bonds. The number of nitrogens with zero attached hydrogens (tertiary/aromatic N) is 2. The van der Waals surface area contributed by atoms with E-state index in [2.05, 4.69) is 21.0 Å². The summed E-state index contributed by atoms with van der Waals surface area (Å²) in [5.74, 6) is 0. The Bertz CT molecular complexity index is 723. The molecule has 0 saturated carbocycles. The molecule has 1 aromatic heterocycles. The Hall–Kier alpha value is -1.18. The van der Waals surface area contributed by atoms with Crippen LogP contribution in [0.3, 0.4) is 0 Å². The Labute approximate surface area is 120 Å². The molecule has 1 heterocycles. The predicted molar refractivity (Wildman–Crippen MR) is 76.3 cm³/mol. The van der Waals surface area contributed by atoms with Gasteiger partial charge >= 0.3 is 0 Å². The van der Waals surface area contributed by atoms with E-state index in [1.165, 1.54) is 0 Å². The van der Waals surface area contributed by atoms with Gasteiger partial charge < -0.3 is 0 Å². The maximum absolute atomic E-state index is 11.5. The quantitative estimate of drug-likeness (QED) is 0.925. The number of primary sulfonamides is 1. The molecular formula is C12H14BrN3O2S. The lowest BCUT2D eigenvalue weighted by atomic mass is 10.2. The molecule has 0 aliphatic heterocycles. The molecule has 2 rings (SSSR count). The molecule has 5 nitrogen and oxygen atoms in total. The van der Waals surface area contributed by atoms with E-state index in [4.69, 9.17) is 5.14 Å². The zero-order valence-corrected chi connectivity index (χ0v) is 13.0. The summed E-state index contributed by atoms with van der Waals surface area (Å²) in [7, 11) is -3.74.